The van der Waals surface area contributed by atoms with E-state index in [0.717, 1.165) is 0 Å². The van der Waals surface area contributed by atoms with Gasteiger partial charge in [0.1, 0.15) is 23.3 Å². The van der Waals surface area contributed by atoms with E-state index in [1.54, 1.807) is 0 Å². The molecule has 0 radical (unpaired) electrons. The first-order chi connectivity index (χ1) is 4.46. The topological polar surface area (TPSA) is 51.2 Å². The standard InChI is InChI=1S/C7H10O3.Cd/c1-4(8)7(5(2)9)6(3)10;/h7H,1-3H3;. The molecule has 0 N–H and O–H groups in total. The molecule has 0 unspecified atom stereocenters. The van der Waals surface area contributed by atoms with E-state index >= 15 is 0 Å². The van der Waals surface area contributed by atoms with Gasteiger partial charge in [-0.3, -0.25) is 14.4 Å². The van der Waals surface area contributed by atoms with Crippen LogP contribution in [0.4, 0.5) is 0 Å². The summed E-state index contributed by atoms with van der Waals surface area (Å²) in [7, 11) is 0. The summed E-state index contributed by atoms with van der Waals surface area (Å²) in [6.07, 6.45) is 0. The van der Waals surface area contributed by atoms with Gasteiger partial charge in [0.05, 0.1) is 0 Å². The second-order valence-corrected chi connectivity index (χ2v) is 2.26. The van der Waals surface area contributed by atoms with Crippen LogP contribution in [0.2, 0.25) is 0 Å². The van der Waals surface area contributed by atoms with E-state index in [4.69, 9.17) is 0 Å². The summed E-state index contributed by atoms with van der Waals surface area (Å²) < 4.78 is 0. The molecule has 0 aromatic heterocycles. The van der Waals surface area contributed by atoms with Gasteiger partial charge in [0.2, 0.25) is 0 Å². The molecule has 0 saturated heterocycles. The molecule has 0 rings (SSSR count). The molecule has 0 aromatic rings. The van der Waals surface area contributed by atoms with Gasteiger partial charge in [-0.2, -0.15) is 0 Å². The summed E-state index contributed by atoms with van der Waals surface area (Å²) in [5, 5.41) is 0. The van der Waals surface area contributed by atoms with E-state index in [0.29, 0.717) is 0 Å². The minimum absolute atomic E-state index is 0. The molecular formula is C7H10CdO3. The predicted molar refractivity (Wildman–Crippen MR) is 35.5 cm³/mol. The Balaban J connectivity index is 0. The van der Waals surface area contributed by atoms with Gasteiger partial charge in [-0.05, 0) is 20.8 Å². The average Bonchev–Trinajstić information content (AvgIpc) is 1.59. The average molecular weight is 255 g/mol. The van der Waals surface area contributed by atoms with E-state index in [1.165, 1.54) is 20.8 Å². The molecule has 0 amide bonds. The molecule has 0 aliphatic carbocycles. The van der Waals surface area contributed by atoms with Crippen LogP contribution < -0.4 is 0 Å². The number of hydrogen-bond donors (Lipinski definition) is 0. The fraction of sp³-hybridized carbons (Fsp3) is 0.571. The first-order valence-corrected chi connectivity index (χ1v) is 2.98. The maximum Gasteiger partial charge on any atom is 0.147 e. The van der Waals surface area contributed by atoms with Gasteiger partial charge >= 0.3 is 0 Å². The molecule has 0 aliphatic rings. The SMILES string of the molecule is CC(=O)C(C(C)=O)C(C)=O.[Cd]. The molecular weight excluding hydrogens is 244 g/mol. The Kier molecular flexibility index (Phi) is 6.84. The summed E-state index contributed by atoms with van der Waals surface area (Å²) >= 11 is 0. The third-order valence-corrected chi connectivity index (χ3v) is 1.22. The molecule has 11 heavy (non-hydrogen) atoms. The number of ketones is 3. The van der Waals surface area contributed by atoms with Crippen LogP contribution in [0.25, 0.3) is 0 Å². The summed E-state index contributed by atoms with van der Waals surface area (Å²) in [5.41, 5.74) is 0. The fourth-order valence-electron chi connectivity index (χ4n) is 0.859. The van der Waals surface area contributed by atoms with Gasteiger partial charge in [-0.1, -0.05) is 0 Å². The number of carbonyl (C=O) groups is 3. The van der Waals surface area contributed by atoms with Crippen molar-refractivity contribution in [1.82, 2.24) is 0 Å². The molecule has 0 saturated carbocycles. The van der Waals surface area contributed by atoms with Crippen LogP contribution >= 0.6 is 0 Å². The number of hydrogen-bond acceptors (Lipinski definition) is 3. The van der Waals surface area contributed by atoms with E-state index in [1.807, 2.05) is 0 Å². The first kappa shape index (κ1) is 13.5. The van der Waals surface area contributed by atoms with Gasteiger partial charge in [-0.15, -0.1) is 0 Å². The summed E-state index contributed by atoms with van der Waals surface area (Å²) in [5.74, 6) is -2.15. The van der Waals surface area contributed by atoms with Crippen molar-refractivity contribution in [3.05, 3.63) is 0 Å². The third-order valence-electron chi connectivity index (χ3n) is 1.22. The van der Waals surface area contributed by atoms with Crippen molar-refractivity contribution >= 4 is 17.3 Å². The summed E-state index contributed by atoms with van der Waals surface area (Å²) in [6, 6.07) is 0. The van der Waals surface area contributed by atoms with Crippen LogP contribution in [0.1, 0.15) is 20.8 Å². The van der Waals surface area contributed by atoms with Gasteiger partial charge in [0, 0.05) is 27.3 Å². The second-order valence-electron chi connectivity index (χ2n) is 2.26. The molecule has 0 aromatic carbocycles. The molecule has 0 bridgehead atoms. The number of carbonyl (C=O) groups excluding carboxylic acids is 3. The Hall–Kier alpha value is -0.0679. The molecule has 3 nitrogen and oxygen atoms in total. The second kappa shape index (κ2) is 5.57. The zero-order valence-electron chi connectivity index (χ0n) is 7.01. The number of Topliss-reactive ketones (excluding diaryl/α,β-unsaturated/α-hetero) is 3. The van der Waals surface area contributed by atoms with Crippen LogP contribution in [0.5, 0.6) is 0 Å². The van der Waals surface area contributed by atoms with Crippen LogP contribution in [0, 0.1) is 5.92 Å². The van der Waals surface area contributed by atoms with Crippen molar-refractivity contribution in [3.63, 3.8) is 0 Å². The quantitative estimate of drug-likeness (QED) is 0.540. The van der Waals surface area contributed by atoms with Gasteiger partial charge < -0.3 is 0 Å². The maximum absolute atomic E-state index is 10.6. The molecule has 0 atom stereocenters. The minimum Gasteiger partial charge on any atom is -0.299 e. The van der Waals surface area contributed by atoms with Gasteiger partial charge in [-0.25, -0.2) is 0 Å². The predicted octanol–water partition coefficient (Wildman–Crippen LogP) is 0.367. The molecule has 0 heterocycles. The van der Waals surface area contributed by atoms with Crippen LogP contribution in [0.15, 0.2) is 0 Å². The number of rotatable bonds is 3. The maximum atomic E-state index is 10.6. The Morgan fingerprint density at radius 3 is 1.00 bits per heavy atom. The van der Waals surface area contributed by atoms with Crippen molar-refractivity contribution in [2.75, 3.05) is 0 Å². The molecule has 0 aliphatic heterocycles. The monoisotopic (exact) mass is 256 g/mol. The zero-order chi connectivity index (χ0) is 8.31. The van der Waals surface area contributed by atoms with Crippen molar-refractivity contribution in [2.45, 2.75) is 20.8 Å². The third kappa shape index (κ3) is 4.39. The Bertz CT molecular complexity index is 153. The molecule has 4 heteroatoms. The normalized spacial score (nSPS) is 8.73. The largest absolute Gasteiger partial charge is 0.299 e. The van der Waals surface area contributed by atoms with Crippen LogP contribution in [-0.4, -0.2) is 17.3 Å². The first-order valence-electron chi connectivity index (χ1n) is 2.98. The van der Waals surface area contributed by atoms with Gasteiger partial charge in [0.15, 0.2) is 0 Å². The molecule has 0 fully saturated rings. The van der Waals surface area contributed by atoms with E-state index in [9.17, 15) is 14.4 Å². The van der Waals surface area contributed by atoms with Gasteiger partial charge in [0.25, 0.3) is 0 Å². The van der Waals surface area contributed by atoms with Crippen molar-refractivity contribution in [2.24, 2.45) is 5.92 Å². The van der Waals surface area contributed by atoms with Crippen LogP contribution in [0.3, 0.4) is 0 Å². The minimum atomic E-state index is -1.03. The molecule has 58 valence electrons. The van der Waals surface area contributed by atoms with E-state index in [-0.39, 0.29) is 44.6 Å². The Labute approximate surface area is 85.7 Å². The smallest absolute Gasteiger partial charge is 0.147 e. The molecule has 0 spiro atoms. The summed E-state index contributed by atoms with van der Waals surface area (Å²) in [4.78, 5) is 31.8. The zero-order valence-corrected chi connectivity index (χ0v) is 11.0. The van der Waals surface area contributed by atoms with Crippen LogP contribution in [-0.2, 0) is 41.7 Å². The fourth-order valence-corrected chi connectivity index (χ4v) is 0.859. The van der Waals surface area contributed by atoms with Crippen molar-refractivity contribution < 1.29 is 41.7 Å². The van der Waals surface area contributed by atoms with Crippen molar-refractivity contribution in [1.29, 1.82) is 0 Å². The van der Waals surface area contributed by atoms with E-state index < -0.39 is 5.92 Å². The Morgan fingerprint density at radius 2 is 1.00 bits per heavy atom. The van der Waals surface area contributed by atoms with E-state index in [2.05, 4.69) is 0 Å². The summed E-state index contributed by atoms with van der Waals surface area (Å²) in [6.45, 7) is 3.73. The Morgan fingerprint density at radius 1 is 0.818 bits per heavy atom. The van der Waals surface area contributed by atoms with Crippen molar-refractivity contribution in [3.8, 4) is 0 Å².